The number of rotatable bonds is 2. The molecule has 1 aliphatic heterocycles. The fourth-order valence-corrected chi connectivity index (χ4v) is 3.16. The first-order chi connectivity index (χ1) is 8.39. The van der Waals surface area contributed by atoms with Crippen LogP contribution in [0.25, 0.3) is 0 Å². The number of hydrogen-bond donors (Lipinski definition) is 1. The second-order valence-electron chi connectivity index (χ2n) is 4.21. The molecule has 1 saturated heterocycles. The molecule has 0 aliphatic carbocycles. The molecule has 1 aromatic carbocycles. The fourth-order valence-electron chi connectivity index (χ4n) is 2.01. The van der Waals surface area contributed by atoms with E-state index in [4.69, 9.17) is 21.5 Å². The number of nitrogens with zero attached hydrogens (tertiary/aromatic N) is 1. The van der Waals surface area contributed by atoms with Crippen molar-refractivity contribution in [2.75, 3.05) is 31.2 Å². The summed E-state index contributed by atoms with van der Waals surface area (Å²) >= 11 is 5.99. The molecule has 100 valence electrons. The van der Waals surface area contributed by atoms with Gasteiger partial charge in [0.2, 0.25) is 10.0 Å². The van der Waals surface area contributed by atoms with Crippen molar-refractivity contribution >= 4 is 27.3 Å². The Labute approximate surface area is 112 Å². The largest absolute Gasteiger partial charge is 0.378 e. The third-order valence-electron chi connectivity index (χ3n) is 2.91. The van der Waals surface area contributed by atoms with Crippen molar-refractivity contribution in [1.82, 2.24) is 0 Å². The summed E-state index contributed by atoms with van der Waals surface area (Å²) in [5, 5.41) is 5.27. The van der Waals surface area contributed by atoms with Crippen molar-refractivity contribution in [2.45, 2.75) is 11.8 Å². The highest BCUT2D eigenvalue weighted by Gasteiger charge is 2.19. The topological polar surface area (TPSA) is 72.6 Å². The lowest BCUT2D eigenvalue weighted by Gasteiger charge is -2.30. The highest BCUT2D eigenvalue weighted by atomic mass is 35.5. The molecular formula is C11H15ClN2O3S. The van der Waals surface area contributed by atoms with Crippen molar-refractivity contribution in [3.8, 4) is 0 Å². The summed E-state index contributed by atoms with van der Waals surface area (Å²) in [6.45, 7) is 4.70. The number of aryl methyl sites for hydroxylation is 1. The summed E-state index contributed by atoms with van der Waals surface area (Å²) < 4.78 is 28.0. The number of nitrogens with two attached hydrogens (primary N) is 1. The Morgan fingerprint density at radius 3 is 2.50 bits per heavy atom. The highest BCUT2D eigenvalue weighted by Crippen LogP contribution is 2.30. The Morgan fingerprint density at radius 2 is 1.94 bits per heavy atom. The van der Waals surface area contributed by atoms with Gasteiger partial charge in [0.15, 0.2) is 0 Å². The van der Waals surface area contributed by atoms with Gasteiger partial charge in [-0.2, -0.15) is 0 Å². The number of halogens is 1. The van der Waals surface area contributed by atoms with Crippen molar-refractivity contribution in [3.63, 3.8) is 0 Å². The molecule has 0 spiro atoms. The summed E-state index contributed by atoms with van der Waals surface area (Å²) in [6, 6.07) is 3.17. The molecule has 0 atom stereocenters. The number of anilines is 1. The Hall–Kier alpha value is -0.820. The summed E-state index contributed by atoms with van der Waals surface area (Å²) in [5.41, 5.74) is 1.76. The Bertz CT molecular complexity index is 554. The Morgan fingerprint density at radius 1 is 1.33 bits per heavy atom. The van der Waals surface area contributed by atoms with Crippen LogP contribution in [0.5, 0.6) is 0 Å². The van der Waals surface area contributed by atoms with Gasteiger partial charge in [-0.15, -0.1) is 0 Å². The van der Waals surface area contributed by atoms with Crippen LogP contribution in [0.15, 0.2) is 17.0 Å². The fraction of sp³-hybridized carbons (Fsp3) is 0.455. The first kappa shape index (κ1) is 13.6. The van der Waals surface area contributed by atoms with Gasteiger partial charge in [-0.3, -0.25) is 0 Å². The zero-order valence-electron chi connectivity index (χ0n) is 10.0. The van der Waals surface area contributed by atoms with Gasteiger partial charge >= 0.3 is 0 Å². The van der Waals surface area contributed by atoms with Crippen molar-refractivity contribution < 1.29 is 13.2 Å². The molecule has 0 unspecified atom stereocenters. The van der Waals surface area contributed by atoms with Gasteiger partial charge in [0.05, 0.1) is 18.2 Å². The Kier molecular flexibility index (Phi) is 3.82. The van der Waals surface area contributed by atoms with E-state index in [9.17, 15) is 8.42 Å². The molecule has 1 aliphatic rings. The van der Waals surface area contributed by atoms with E-state index < -0.39 is 10.0 Å². The molecule has 0 radical (unpaired) electrons. The predicted molar refractivity (Wildman–Crippen MR) is 70.6 cm³/mol. The van der Waals surface area contributed by atoms with Crippen LogP contribution in [-0.4, -0.2) is 34.7 Å². The van der Waals surface area contributed by atoms with Crippen molar-refractivity contribution in [3.05, 3.63) is 22.7 Å². The van der Waals surface area contributed by atoms with Gasteiger partial charge in [-0.05, 0) is 24.6 Å². The van der Waals surface area contributed by atoms with E-state index in [1.807, 2.05) is 6.92 Å². The maximum atomic E-state index is 11.4. The van der Waals surface area contributed by atoms with E-state index in [1.165, 1.54) is 6.07 Å². The normalized spacial score (nSPS) is 16.9. The van der Waals surface area contributed by atoms with E-state index in [1.54, 1.807) is 6.07 Å². The summed E-state index contributed by atoms with van der Waals surface area (Å²) in [7, 11) is -3.78. The maximum Gasteiger partial charge on any atom is 0.239 e. The molecular weight excluding hydrogens is 276 g/mol. The van der Waals surface area contributed by atoms with Crippen LogP contribution >= 0.6 is 11.6 Å². The smallest absolute Gasteiger partial charge is 0.239 e. The number of sulfonamides is 1. The quantitative estimate of drug-likeness (QED) is 0.886. The van der Waals surface area contributed by atoms with Crippen LogP contribution < -0.4 is 10.0 Å². The molecule has 2 rings (SSSR count). The van der Waals surface area contributed by atoms with Gasteiger partial charge < -0.3 is 9.64 Å². The minimum absolute atomic E-state index is 0.0290. The summed E-state index contributed by atoms with van der Waals surface area (Å²) in [6.07, 6.45) is 0. The molecule has 0 amide bonds. The van der Waals surface area contributed by atoms with Gasteiger partial charge in [-0.1, -0.05) is 11.6 Å². The van der Waals surface area contributed by atoms with Gasteiger partial charge in [-0.25, -0.2) is 13.6 Å². The predicted octanol–water partition coefficient (Wildman–Crippen LogP) is 1.13. The molecule has 0 aromatic heterocycles. The van der Waals surface area contributed by atoms with Crippen molar-refractivity contribution in [1.29, 1.82) is 0 Å². The molecule has 1 heterocycles. The van der Waals surface area contributed by atoms with Crippen LogP contribution in [0, 0.1) is 6.92 Å². The molecule has 1 fully saturated rings. The molecule has 7 heteroatoms. The van der Waals surface area contributed by atoms with Crippen molar-refractivity contribution in [2.24, 2.45) is 5.14 Å². The third-order valence-corrected chi connectivity index (χ3v) is 4.28. The summed E-state index contributed by atoms with van der Waals surface area (Å²) in [4.78, 5) is 2.09. The lowest BCUT2D eigenvalue weighted by atomic mass is 10.1. The average molecular weight is 291 g/mol. The zero-order valence-corrected chi connectivity index (χ0v) is 11.6. The molecule has 1 aromatic rings. The van der Waals surface area contributed by atoms with Crippen LogP contribution in [0.4, 0.5) is 5.69 Å². The number of morpholine rings is 1. The van der Waals surface area contributed by atoms with Crippen LogP contribution in [0.3, 0.4) is 0 Å². The summed E-state index contributed by atoms with van der Waals surface area (Å²) in [5.74, 6) is 0. The van der Waals surface area contributed by atoms with Crippen LogP contribution in [0.2, 0.25) is 5.02 Å². The van der Waals surface area contributed by atoms with E-state index in [-0.39, 0.29) is 9.92 Å². The monoisotopic (exact) mass is 290 g/mol. The third kappa shape index (κ3) is 2.77. The second kappa shape index (κ2) is 5.05. The average Bonchev–Trinajstić information content (AvgIpc) is 2.31. The minimum Gasteiger partial charge on any atom is -0.378 e. The van der Waals surface area contributed by atoms with E-state index in [0.29, 0.717) is 13.2 Å². The molecule has 5 nitrogen and oxygen atoms in total. The number of primary sulfonamides is 1. The highest BCUT2D eigenvalue weighted by molar-refractivity contribution is 7.89. The standard InChI is InChI=1S/C11H15ClN2O3S/c1-8-6-11(18(13,15)16)9(12)7-10(8)14-2-4-17-5-3-14/h6-7H,2-5H2,1H3,(H2,13,15,16). The molecule has 2 N–H and O–H groups in total. The first-order valence-electron chi connectivity index (χ1n) is 5.55. The molecule has 0 saturated carbocycles. The molecule has 18 heavy (non-hydrogen) atoms. The lowest BCUT2D eigenvalue weighted by molar-refractivity contribution is 0.122. The van der Waals surface area contributed by atoms with E-state index in [2.05, 4.69) is 4.90 Å². The zero-order chi connectivity index (χ0) is 13.3. The first-order valence-corrected chi connectivity index (χ1v) is 7.47. The van der Waals surface area contributed by atoms with Gasteiger partial charge in [0, 0.05) is 18.8 Å². The number of ether oxygens (including phenoxy) is 1. The Balaban J connectivity index is 2.42. The molecule has 0 bridgehead atoms. The van der Waals surface area contributed by atoms with Gasteiger partial charge in [0.25, 0.3) is 0 Å². The number of hydrogen-bond acceptors (Lipinski definition) is 4. The van der Waals surface area contributed by atoms with Gasteiger partial charge in [0.1, 0.15) is 4.90 Å². The maximum absolute atomic E-state index is 11.4. The second-order valence-corrected chi connectivity index (χ2v) is 6.15. The van der Waals surface area contributed by atoms with E-state index in [0.717, 1.165) is 24.3 Å². The lowest BCUT2D eigenvalue weighted by Crippen LogP contribution is -2.36. The SMILES string of the molecule is Cc1cc(S(N)(=O)=O)c(Cl)cc1N1CCOCC1. The minimum atomic E-state index is -3.78. The number of benzene rings is 1. The van der Waals surface area contributed by atoms with E-state index >= 15 is 0 Å². The van der Waals surface area contributed by atoms with Crippen LogP contribution in [-0.2, 0) is 14.8 Å². The van der Waals surface area contributed by atoms with Crippen LogP contribution in [0.1, 0.15) is 5.56 Å².